The van der Waals surface area contributed by atoms with Gasteiger partial charge in [0.1, 0.15) is 5.58 Å². The molecule has 0 spiro atoms. The average molecular weight is 367 g/mol. The number of hydrogen-bond donors (Lipinski definition) is 3. The van der Waals surface area contributed by atoms with Crippen LogP contribution in [0.5, 0.6) is 0 Å². The molecular formula is C15H11ClN2O5S. The van der Waals surface area contributed by atoms with Gasteiger partial charge in [0.25, 0.3) is 10.0 Å². The van der Waals surface area contributed by atoms with Gasteiger partial charge in [-0.15, -0.1) is 0 Å². The van der Waals surface area contributed by atoms with E-state index in [2.05, 4.69) is 4.72 Å². The van der Waals surface area contributed by atoms with E-state index in [9.17, 15) is 13.2 Å². The zero-order valence-corrected chi connectivity index (χ0v) is 13.6. The maximum Gasteiger partial charge on any atom is 0.310 e. The van der Waals surface area contributed by atoms with Crippen LogP contribution in [0, 0.1) is 0 Å². The highest BCUT2D eigenvalue weighted by atomic mass is 35.5. The number of sulfonamides is 1. The smallest absolute Gasteiger partial charge is 0.310 e. The van der Waals surface area contributed by atoms with E-state index in [1.165, 1.54) is 54.0 Å². The number of carbonyl (C=O) groups is 1. The molecule has 124 valence electrons. The molecule has 1 amide bonds. The highest BCUT2D eigenvalue weighted by Crippen LogP contribution is 2.25. The molecule has 2 aromatic carbocycles. The van der Waals surface area contributed by atoms with Crippen LogP contribution < -0.4 is 10.2 Å². The summed E-state index contributed by atoms with van der Waals surface area (Å²) in [6.45, 7) is 0. The molecule has 0 aliphatic carbocycles. The minimum absolute atomic E-state index is 0.0690. The van der Waals surface area contributed by atoms with Crippen LogP contribution >= 0.6 is 11.6 Å². The van der Waals surface area contributed by atoms with Crippen molar-refractivity contribution in [2.75, 3.05) is 4.72 Å². The quantitative estimate of drug-likeness (QED) is 0.486. The molecule has 7 nitrogen and oxygen atoms in total. The predicted molar refractivity (Wildman–Crippen MR) is 87.7 cm³/mol. The predicted octanol–water partition coefficient (Wildman–Crippen LogP) is 3.01. The Labute approximate surface area is 141 Å². The molecule has 0 radical (unpaired) electrons. The lowest BCUT2D eigenvalue weighted by atomic mass is 10.2. The Morgan fingerprint density at radius 3 is 2.46 bits per heavy atom. The summed E-state index contributed by atoms with van der Waals surface area (Å²) in [6, 6.07) is 11.7. The summed E-state index contributed by atoms with van der Waals surface area (Å²) < 4.78 is 32.3. The van der Waals surface area contributed by atoms with Crippen molar-refractivity contribution in [2.45, 2.75) is 4.90 Å². The summed E-state index contributed by atoms with van der Waals surface area (Å²) in [7, 11) is -3.77. The van der Waals surface area contributed by atoms with E-state index in [4.69, 9.17) is 21.2 Å². The Morgan fingerprint density at radius 2 is 1.79 bits per heavy atom. The van der Waals surface area contributed by atoms with Crippen LogP contribution in [-0.4, -0.2) is 19.5 Å². The molecule has 0 aliphatic heterocycles. The number of hydroxylamine groups is 1. The molecule has 0 unspecified atom stereocenters. The normalized spacial score (nSPS) is 11.4. The van der Waals surface area contributed by atoms with E-state index in [1.54, 1.807) is 0 Å². The zero-order valence-electron chi connectivity index (χ0n) is 12.0. The third-order valence-electron chi connectivity index (χ3n) is 3.22. The number of benzene rings is 2. The number of rotatable bonds is 4. The lowest BCUT2D eigenvalue weighted by Gasteiger charge is -2.08. The van der Waals surface area contributed by atoms with Crippen LogP contribution in [0.15, 0.2) is 57.8 Å². The van der Waals surface area contributed by atoms with Gasteiger partial charge in [0.05, 0.1) is 4.90 Å². The minimum Gasteiger partial charge on any atom is -0.451 e. The van der Waals surface area contributed by atoms with Gasteiger partial charge >= 0.3 is 5.91 Å². The van der Waals surface area contributed by atoms with E-state index < -0.39 is 15.9 Å². The van der Waals surface area contributed by atoms with E-state index in [-0.39, 0.29) is 10.7 Å². The highest BCUT2D eigenvalue weighted by molar-refractivity contribution is 7.92. The second kappa shape index (κ2) is 6.16. The van der Waals surface area contributed by atoms with Crippen molar-refractivity contribution in [3.8, 4) is 0 Å². The Balaban J connectivity index is 1.92. The third-order valence-corrected chi connectivity index (χ3v) is 4.87. The molecular weight excluding hydrogens is 356 g/mol. The second-order valence-electron chi connectivity index (χ2n) is 4.86. The standard InChI is InChI=1S/C15H11ClN2O5S/c16-10-1-4-12(5-2-10)24(21,22)18-11-3-6-13-9(7-11)8-14(23-13)15(19)17-20/h1-8,18,20H,(H,17,19). The lowest BCUT2D eigenvalue weighted by Crippen LogP contribution is -2.17. The average Bonchev–Trinajstić information content (AvgIpc) is 2.97. The van der Waals surface area contributed by atoms with Gasteiger partial charge in [-0.05, 0) is 48.5 Å². The lowest BCUT2D eigenvalue weighted by molar-refractivity contribution is 0.0678. The molecule has 3 rings (SSSR count). The molecule has 1 heterocycles. The Morgan fingerprint density at radius 1 is 1.08 bits per heavy atom. The van der Waals surface area contributed by atoms with Gasteiger partial charge in [0.15, 0.2) is 5.76 Å². The molecule has 0 aliphatic rings. The molecule has 0 fully saturated rings. The van der Waals surface area contributed by atoms with E-state index >= 15 is 0 Å². The van der Waals surface area contributed by atoms with Crippen LogP contribution in [0.3, 0.4) is 0 Å². The molecule has 0 atom stereocenters. The van der Waals surface area contributed by atoms with Crippen molar-refractivity contribution < 1.29 is 22.8 Å². The van der Waals surface area contributed by atoms with Crippen LogP contribution in [0.1, 0.15) is 10.6 Å². The van der Waals surface area contributed by atoms with Crippen molar-refractivity contribution in [2.24, 2.45) is 0 Å². The first kappa shape index (κ1) is 16.3. The number of carbonyl (C=O) groups excluding carboxylic acids is 1. The fraction of sp³-hybridized carbons (Fsp3) is 0. The second-order valence-corrected chi connectivity index (χ2v) is 6.98. The van der Waals surface area contributed by atoms with Crippen molar-refractivity contribution in [3.63, 3.8) is 0 Å². The number of nitrogens with one attached hydrogen (secondary N) is 2. The fourth-order valence-corrected chi connectivity index (χ4v) is 3.28. The van der Waals surface area contributed by atoms with Gasteiger partial charge in [-0.25, -0.2) is 13.9 Å². The van der Waals surface area contributed by atoms with Crippen LogP contribution in [0.25, 0.3) is 11.0 Å². The number of fused-ring (bicyclic) bond motifs is 1. The summed E-state index contributed by atoms with van der Waals surface area (Å²) in [6.07, 6.45) is 0. The molecule has 0 saturated heterocycles. The molecule has 9 heteroatoms. The van der Waals surface area contributed by atoms with Gasteiger partial charge in [0, 0.05) is 16.1 Å². The van der Waals surface area contributed by atoms with Gasteiger partial charge in [-0.3, -0.25) is 14.7 Å². The van der Waals surface area contributed by atoms with E-state index in [1.807, 2.05) is 0 Å². The maximum absolute atomic E-state index is 12.3. The first-order chi connectivity index (χ1) is 11.4. The summed E-state index contributed by atoms with van der Waals surface area (Å²) in [5, 5.41) is 9.54. The summed E-state index contributed by atoms with van der Waals surface area (Å²) in [4.78, 5) is 11.4. The number of furan rings is 1. The van der Waals surface area contributed by atoms with Crippen LogP contribution in [0.4, 0.5) is 5.69 Å². The molecule has 0 saturated carbocycles. The molecule has 24 heavy (non-hydrogen) atoms. The van der Waals surface area contributed by atoms with Crippen molar-refractivity contribution in [1.82, 2.24) is 5.48 Å². The van der Waals surface area contributed by atoms with Crippen LogP contribution in [0.2, 0.25) is 5.02 Å². The number of anilines is 1. The minimum atomic E-state index is -3.77. The Kier molecular flexibility index (Phi) is 4.18. The molecule has 3 N–H and O–H groups in total. The monoisotopic (exact) mass is 366 g/mol. The molecule has 3 aromatic rings. The largest absolute Gasteiger partial charge is 0.451 e. The summed E-state index contributed by atoms with van der Waals surface area (Å²) >= 11 is 5.75. The number of amides is 1. The molecule has 0 bridgehead atoms. The van der Waals surface area contributed by atoms with E-state index in [0.29, 0.717) is 21.7 Å². The molecule has 1 aromatic heterocycles. The highest BCUT2D eigenvalue weighted by Gasteiger charge is 2.16. The van der Waals surface area contributed by atoms with Crippen molar-refractivity contribution in [3.05, 3.63) is 59.3 Å². The first-order valence-electron chi connectivity index (χ1n) is 6.65. The van der Waals surface area contributed by atoms with Gasteiger partial charge < -0.3 is 4.42 Å². The number of halogens is 1. The van der Waals surface area contributed by atoms with Gasteiger partial charge in [-0.2, -0.15) is 0 Å². The van der Waals surface area contributed by atoms with Gasteiger partial charge in [0.2, 0.25) is 0 Å². The number of hydrogen-bond acceptors (Lipinski definition) is 5. The van der Waals surface area contributed by atoms with Crippen LogP contribution in [-0.2, 0) is 10.0 Å². The zero-order chi connectivity index (χ0) is 17.3. The summed E-state index contributed by atoms with van der Waals surface area (Å²) in [5.41, 5.74) is 2.14. The van der Waals surface area contributed by atoms with E-state index in [0.717, 1.165) is 0 Å². The first-order valence-corrected chi connectivity index (χ1v) is 8.51. The maximum atomic E-state index is 12.3. The third kappa shape index (κ3) is 3.21. The Bertz CT molecular complexity index is 1010. The van der Waals surface area contributed by atoms with Crippen molar-refractivity contribution in [1.29, 1.82) is 0 Å². The summed E-state index contributed by atoms with van der Waals surface area (Å²) in [5.74, 6) is -0.889. The van der Waals surface area contributed by atoms with Gasteiger partial charge in [-0.1, -0.05) is 11.6 Å². The fourth-order valence-electron chi connectivity index (χ4n) is 2.10. The van der Waals surface area contributed by atoms with Crippen molar-refractivity contribution >= 4 is 44.2 Å². The topological polar surface area (TPSA) is 109 Å². The Hall–Kier alpha value is -2.55. The SMILES string of the molecule is O=C(NO)c1cc2cc(NS(=O)(=O)c3ccc(Cl)cc3)ccc2o1.